The average molecular weight is 576 g/mol. The second-order valence-electron chi connectivity index (χ2n) is 10.1. The van der Waals surface area contributed by atoms with Crippen molar-refractivity contribution in [2.75, 3.05) is 36.8 Å². The van der Waals surface area contributed by atoms with Crippen LogP contribution in [0.5, 0.6) is 0 Å². The van der Waals surface area contributed by atoms with Crippen molar-refractivity contribution < 1.29 is 19.1 Å². The number of benzene rings is 2. The molecular weight excluding hydrogens is 549 g/mol. The predicted octanol–water partition coefficient (Wildman–Crippen LogP) is 3.36. The van der Waals surface area contributed by atoms with Gasteiger partial charge >= 0.3 is 5.97 Å². The van der Waals surface area contributed by atoms with Gasteiger partial charge in [-0.2, -0.15) is 0 Å². The number of amides is 1. The summed E-state index contributed by atoms with van der Waals surface area (Å²) in [6, 6.07) is 13.6. The quantitative estimate of drug-likeness (QED) is 0.254. The van der Waals surface area contributed by atoms with Gasteiger partial charge in [0.25, 0.3) is 5.56 Å². The molecule has 6 rings (SSSR count). The van der Waals surface area contributed by atoms with E-state index in [-0.39, 0.29) is 34.2 Å². The van der Waals surface area contributed by atoms with Gasteiger partial charge in [-0.3, -0.25) is 14.4 Å². The molecule has 0 bridgehead atoms. The van der Waals surface area contributed by atoms with Crippen molar-refractivity contribution in [3.05, 3.63) is 86.7 Å². The second-order valence-corrected chi connectivity index (χ2v) is 11.1. The number of carboxylic acid groups (broad SMARTS) is 1. The number of carboxylic acids is 1. The number of carbonyl (C=O) groups excluding carboxylic acids is 1. The minimum atomic E-state index is -1.33. The average Bonchev–Trinajstić information content (AvgIpc) is 3.82. The van der Waals surface area contributed by atoms with Crippen molar-refractivity contribution in [3.8, 4) is 11.3 Å². The highest BCUT2D eigenvalue weighted by atomic mass is 32.2. The zero-order valence-electron chi connectivity index (χ0n) is 21.9. The number of aromatic carboxylic acids is 1. The first-order valence-corrected chi connectivity index (χ1v) is 14.2. The molecule has 12 heteroatoms. The van der Waals surface area contributed by atoms with E-state index in [1.165, 1.54) is 12.3 Å². The summed E-state index contributed by atoms with van der Waals surface area (Å²) >= 11 is 1.16. The Morgan fingerprint density at radius 2 is 1.78 bits per heavy atom. The van der Waals surface area contributed by atoms with E-state index in [2.05, 4.69) is 9.97 Å². The van der Waals surface area contributed by atoms with E-state index in [9.17, 15) is 24.3 Å². The van der Waals surface area contributed by atoms with E-state index < -0.39 is 17.2 Å². The number of piperazine rings is 1. The van der Waals surface area contributed by atoms with Crippen LogP contribution in [0, 0.1) is 5.82 Å². The first-order chi connectivity index (χ1) is 19.8. The van der Waals surface area contributed by atoms with Gasteiger partial charge in [-0.25, -0.2) is 14.2 Å². The third-order valence-corrected chi connectivity index (χ3v) is 8.22. The fraction of sp³-hybridized carbons (Fsp3) is 0.276. The predicted molar refractivity (Wildman–Crippen MR) is 153 cm³/mol. The standard InChI is InChI=1S/C29H26FN5O5S/c30-21-12-19-23(35(18-6-7-18)15-20(27(19)38)28(39)40)14-24(21)33-8-10-34(11-9-33)26(37)16-41-29-31-22(13-25(36)32-29)17-4-2-1-3-5-17/h1-5,12-15,18H,6-11,16H2,(H,39,40)(H,31,32,36). The summed E-state index contributed by atoms with van der Waals surface area (Å²) in [5, 5.41) is 9.86. The maximum Gasteiger partial charge on any atom is 0.341 e. The maximum absolute atomic E-state index is 15.3. The Morgan fingerprint density at radius 3 is 2.46 bits per heavy atom. The highest BCUT2D eigenvalue weighted by Crippen LogP contribution is 2.38. The Morgan fingerprint density at radius 1 is 1.05 bits per heavy atom. The normalized spacial score (nSPS) is 15.3. The van der Waals surface area contributed by atoms with Gasteiger partial charge in [-0.05, 0) is 25.0 Å². The first-order valence-electron chi connectivity index (χ1n) is 13.2. The molecule has 0 unspecified atom stereocenters. The minimum absolute atomic E-state index is 0.0480. The molecule has 210 valence electrons. The van der Waals surface area contributed by atoms with Gasteiger partial charge in [0.2, 0.25) is 11.3 Å². The summed E-state index contributed by atoms with van der Waals surface area (Å²) in [6.45, 7) is 1.52. The number of halogens is 1. The van der Waals surface area contributed by atoms with Crippen molar-refractivity contribution in [2.24, 2.45) is 0 Å². The molecule has 1 saturated carbocycles. The van der Waals surface area contributed by atoms with Crippen LogP contribution < -0.4 is 15.9 Å². The first kappa shape index (κ1) is 26.8. The Labute approximate surface area is 237 Å². The van der Waals surface area contributed by atoms with Crippen molar-refractivity contribution in [2.45, 2.75) is 24.0 Å². The van der Waals surface area contributed by atoms with E-state index in [1.807, 2.05) is 35.2 Å². The SMILES string of the molecule is O=C(O)c1cn(C2CC2)c2cc(N3CCN(C(=O)CSc4nc(-c5ccccc5)cc(=O)[nH]4)CC3)c(F)cc2c1=O. The molecule has 4 aromatic rings. The van der Waals surface area contributed by atoms with Gasteiger partial charge in [-0.15, -0.1) is 0 Å². The van der Waals surface area contributed by atoms with Crippen molar-refractivity contribution >= 4 is 40.2 Å². The summed E-state index contributed by atoms with van der Waals surface area (Å²) in [7, 11) is 0. The summed E-state index contributed by atoms with van der Waals surface area (Å²) in [5.41, 5.74) is 0.789. The minimum Gasteiger partial charge on any atom is -0.477 e. The molecule has 1 saturated heterocycles. The monoisotopic (exact) mass is 575 g/mol. The lowest BCUT2D eigenvalue weighted by molar-refractivity contribution is -0.128. The smallest absolute Gasteiger partial charge is 0.341 e. The summed E-state index contributed by atoms with van der Waals surface area (Å²) in [6.07, 6.45) is 3.09. The zero-order valence-corrected chi connectivity index (χ0v) is 22.7. The highest BCUT2D eigenvalue weighted by molar-refractivity contribution is 7.99. The van der Waals surface area contributed by atoms with Crippen LogP contribution in [0.1, 0.15) is 29.2 Å². The lowest BCUT2D eigenvalue weighted by atomic mass is 10.1. The lowest BCUT2D eigenvalue weighted by Gasteiger charge is -2.36. The molecule has 1 amide bonds. The summed E-state index contributed by atoms with van der Waals surface area (Å²) in [4.78, 5) is 60.1. The summed E-state index contributed by atoms with van der Waals surface area (Å²) < 4.78 is 17.0. The van der Waals surface area contributed by atoms with Crippen molar-refractivity contribution in [3.63, 3.8) is 0 Å². The van der Waals surface area contributed by atoms with Crippen LogP contribution in [-0.4, -0.2) is 68.3 Å². The number of nitrogens with zero attached hydrogens (tertiary/aromatic N) is 4. The number of hydrogen-bond donors (Lipinski definition) is 2. The Hall–Kier alpha value is -4.45. The topological polar surface area (TPSA) is 129 Å². The van der Waals surface area contributed by atoms with Crippen molar-refractivity contribution in [1.29, 1.82) is 0 Å². The van der Waals surface area contributed by atoms with E-state index >= 15 is 4.39 Å². The number of H-pyrrole nitrogens is 1. The van der Waals surface area contributed by atoms with E-state index in [4.69, 9.17) is 0 Å². The third kappa shape index (κ3) is 5.47. The molecule has 2 aromatic heterocycles. The van der Waals surface area contributed by atoms with Crippen LogP contribution in [0.2, 0.25) is 0 Å². The van der Waals surface area contributed by atoms with Gasteiger partial charge in [-0.1, -0.05) is 42.1 Å². The van der Waals surface area contributed by atoms with Crippen LogP contribution in [0.25, 0.3) is 22.2 Å². The molecular formula is C29H26FN5O5S. The van der Waals surface area contributed by atoms with Gasteiger partial charge < -0.3 is 24.5 Å². The zero-order chi connectivity index (χ0) is 28.7. The number of fused-ring (bicyclic) bond motifs is 1. The Kier molecular flexibility index (Phi) is 7.08. The van der Waals surface area contributed by atoms with Crippen LogP contribution in [0.3, 0.4) is 0 Å². The third-order valence-electron chi connectivity index (χ3n) is 7.37. The molecule has 2 aromatic carbocycles. The maximum atomic E-state index is 15.3. The number of anilines is 1. The number of rotatable bonds is 7. The largest absolute Gasteiger partial charge is 0.477 e. The van der Waals surface area contributed by atoms with Gasteiger partial charge in [0.15, 0.2) is 5.16 Å². The van der Waals surface area contributed by atoms with Crippen LogP contribution in [0.15, 0.2) is 69.5 Å². The molecule has 2 N–H and O–H groups in total. The molecule has 2 fully saturated rings. The van der Waals surface area contributed by atoms with Crippen LogP contribution in [0.4, 0.5) is 10.1 Å². The molecule has 1 aliphatic carbocycles. The van der Waals surface area contributed by atoms with Gasteiger partial charge in [0.1, 0.15) is 11.4 Å². The van der Waals surface area contributed by atoms with E-state index in [0.717, 1.165) is 36.2 Å². The van der Waals surface area contributed by atoms with E-state index in [0.29, 0.717) is 48.2 Å². The fourth-order valence-corrected chi connectivity index (χ4v) is 5.87. The molecule has 0 radical (unpaired) electrons. The van der Waals surface area contributed by atoms with Gasteiger partial charge in [0.05, 0.1) is 22.7 Å². The number of hydrogen-bond acceptors (Lipinski definition) is 7. The number of nitrogens with one attached hydrogen (secondary N) is 1. The van der Waals surface area contributed by atoms with Crippen LogP contribution in [-0.2, 0) is 4.79 Å². The number of thioether (sulfide) groups is 1. The lowest BCUT2D eigenvalue weighted by Crippen LogP contribution is -2.49. The van der Waals surface area contributed by atoms with E-state index in [1.54, 1.807) is 15.5 Å². The molecule has 3 heterocycles. The Balaban J connectivity index is 1.14. The number of aromatic nitrogens is 3. The number of aromatic amines is 1. The molecule has 0 spiro atoms. The number of carbonyl (C=O) groups is 2. The molecule has 10 nitrogen and oxygen atoms in total. The summed E-state index contributed by atoms with van der Waals surface area (Å²) in [5.74, 6) is -1.97. The fourth-order valence-electron chi connectivity index (χ4n) is 5.09. The molecule has 41 heavy (non-hydrogen) atoms. The van der Waals surface area contributed by atoms with Crippen LogP contribution >= 0.6 is 11.8 Å². The number of pyridine rings is 1. The highest BCUT2D eigenvalue weighted by Gasteiger charge is 2.29. The molecule has 0 atom stereocenters. The van der Waals surface area contributed by atoms with Gasteiger partial charge in [0, 0.05) is 55.4 Å². The Bertz CT molecular complexity index is 1780. The van der Waals surface area contributed by atoms with Crippen molar-refractivity contribution in [1.82, 2.24) is 19.4 Å². The molecule has 1 aliphatic heterocycles. The molecule has 2 aliphatic rings. The second kappa shape index (κ2) is 10.8.